The standard InChI is InChI=1S/C29H23NO2/c1-21(24-5-3-2-4-6-24)19-22-7-11-25(12-8-22)26-13-15-27(16-14-26)29(31)32-28-17-9-23(20-30)10-18-28/h2-18,21H,19H2,1H3/t21-/m0/s1. The summed E-state index contributed by atoms with van der Waals surface area (Å²) in [5.74, 6) is 0.452. The van der Waals surface area contributed by atoms with E-state index in [0.29, 0.717) is 22.8 Å². The number of rotatable bonds is 6. The minimum atomic E-state index is -0.425. The molecule has 0 bridgehead atoms. The number of esters is 1. The first-order valence-corrected chi connectivity index (χ1v) is 10.6. The molecule has 0 aliphatic rings. The molecule has 4 rings (SSSR count). The molecule has 0 N–H and O–H groups in total. The summed E-state index contributed by atoms with van der Waals surface area (Å²) in [6.07, 6.45) is 0.990. The normalized spacial score (nSPS) is 11.4. The van der Waals surface area contributed by atoms with Gasteiger partial charge >= 0.3 is 5.97 Å². The van der Waals surface area contributed by atoms with Gasteiger partial charge in [0.05, 0.1) is 17.2 Å². The first-order valence-electron chi connectivity index (χ1n) is 10.6. The van der Waals surface area contributed by atoms with Gasteiger partial charge in [0.25, 0.3) is 0 Å². The quantitative estimate of drug-likeness (QED) is 0.256. The van der Waals surface area contributed by atoms with Gasteiger partial charge in [-0.15, -0.1) is 0 Å². The first-order chi connectivity index (χ1) is 15.6. The van der Waals surface area contributed by atoms with Crippen LogP contribution in [-0.4, -0.2) is 5.97 Å². The van der Waals surface area contributed by atoms with E-state index >= 15 is 0 Å². The van der Waals surface area contributed by atoms with Crippen molar-refractivity contribution in [3.8, 4) is 22.9 Å². The molecule has 0 unspecified atom stereocenters. The molecule has 0 spiro atoms. The molecule has 4 aromatic rings. The van der Waals surface area contributed by atoms with Crippen LogP contribution in [0.3, 0.4) is 0 Å². The number of nitrogens with zero attached hydrogens (tertiary/aromatic N) is 1. The number of nitriles is 1. The van der Waals surface area contributed by atoms with Gasteiger partial charge in [-0.2, -0.15) is 5.26 Å². The zero-order chi connectivity index (χ0) is 22.3. The van der Waals surface area contributed by atoms with Gasteiger partial charge in [-0.3, -0.25) is 0 Å². The monoisotopic (exact) mass is 417 g/mol. The van der Waals surface area contributed by atoms with Gasteiger partial charge in [-0.25, -0.2) is 4.79 Å². The second-order valence-electron chi connectivity index (χ2n) is 7.82. The molecule has 0 aliphatic heterocycles. The fourth-order valence-corrected chi connectivity index (χ4v) is 3.65. The lowest BCUT2D eigenvalue weighted by Gasteiger charge is -2.12. The molecule has 0 saturated carbocycles. The van der Waals surface area contributed by atoms with E-state index in [2.05, 4.69) is 55.5 Å². The van der Waals surface area contributed by atoms with E-state index in [4.69, 9.17) is 10.00 Å². The molecular weight excluding hydrogens is 394 g/mol. The summed E-state index contributed by atoms with van der Waals surface area (Å²) in [6.45, 7) is 2.25. The molecule has 0 radical (unpaired) electrons. The Morgan fingerprint density at radius 1 is 0.812 bits per heavy atom. The Kier molecular flexibility index (Phi) is 6.43. The highest BCUT2D eigenvalue weighted by Gasteiger charge is 2.10. The predicted octanol–water partition coefficient (Wildman–Crippen LogP) is 6.79. The number of hydrogen-bond acceptors (Lipinski definition) is 3. The molecule has 32 heavy (non-hydrogen) atoms. The maximum atomic E-state index is 12.4. The van der Waals surface area contributed by atoms with E-state index in [9.17, 15) is 4.79 Å². The Hall–Kier alpha value is -4.16. The summed E-state index contributed by atoms with van der Waals surface area (Å²) in [4.78, 5) is 12.4. The summed E-state index contributed by atoms with van der Waals surface area (Å²) in [6, 6.07) is 35.0. The Morgan fingerprint density at radius 2 is 1.41 bits per heavy atom. The smallest absolute Gasteiger partial charge is 0.343 e. The van der Waals surface area contributed by atoms with Crippen molar-refractivity contribution in [3.05, 3.63) is 125 Å². The molecule has 0 amide bonds. The lowest BCUT2D eigenvalue weighted by molar-refractivity contribution is 0.0735. The van der Waals surface area contributed by atoms with Gasteiger partial charge in [0.1, 0.15) is 5.75 Å². The molecule has 3 nitrogen and oxygen atoms in total. The largest absolute Gasteiger partial charge is 0.423 e. The van der Waals surface area contributed by atoms with Crippen molar-refractivity contribution in [3.63, 3.8) is 0 Å². The zero-order valence-corrected chi connectivity index (χ0v) is 17.9. The maximum Gasteiger partial charge on any atom is 0.343 e. The Bertz CT molecular complexity index is 1220. The molecule has 0 aromatic heterocycles. The Morgan fingerprint density at radius 3 is 2.00 bits per heavy atom. The molecule has 0 heterocycles. The average molecular weight is 418 g/mol. The Labute approximate surface area is 188 Å². The SMILES string of the molecule is C[C@@H](Cc1ccc(-c2ccc(C(=O)Oc3ccc(C#N)cc3)cc2)cc1)c1ccccc1. The molecule has 0 fully saturated rings. The third-order valence-corrected chi connectivity index (χ3v) is 5.51. The van der Waals surface area contributed by atoms with Crippen LogP contribution in [0.25, 0.3) is 11.1 Å². The van der Waals surface area contributed by atoms with Crippen molar-refractivity contribution in [2.45, 2.75) is 19.3 Å². The topological polar surface area (TPSA) is 50.1 Å². The molecule has 3 heteroatoms. The Balaban J connectivity index is 1.40. The highest BCUT2D eigenvalue weighted by Crippen LogP contribution is 2.24. The van der Waals surface area contributed by atoms with Crippen LogP contribution in [0.15, 0.2) is 103 Å². The van der Waals surface area contributed by atoms with Crippen LogP contribution < -0.4 is 4.74 Å². The van der Waals surface area contributed by atoms with E-state index in [1.54, 1.807) is 36.4 Å². The van der Waals surface area contributed by atoms with Crippen molar-refractivity contribution in [1.29, 1.82) is 5.26 Å². The van der Waals surface area contributed by atoms with Crippen LogP contribution in [0.5, 0.6) is 5.75 Å². The fraction of sp³-hybridized carbons (Fsp3) is 0.103. The minimum Gasteiger partial charge on any atom is -0.423 e. The minimum absolute atomic E-state index is 0.415. The number of benzene rings is 4. The third kappa shape index (κ3) is 5.11. The fourth-order valence-electron chi connectivity index (χ4n) is 3.65. The van der Waals surface area contributed by atoms with Crippen LogP contribution in [0.2, 0.25) is 0 Å². The predicted molar refractivity (Wildman–Crippen MR) is 127 cm³/mol. The van der Waals surface area contributed by atoms with Crippen molar-refractivity contribution in [1.82, 2.24) is 0 Å². The van der Waals surface area contributed by atoms with Gasteiger partial charge in [0.15, 0.2) is 0 Å². The molecule has 1 atom stereocenters. The van der Waals surface area contributed by atoms with Crippen molar-refractivity contribution in [2.24, 2.45) is 0 Å². The number of hydrogen-bond donors (Lipinski definition) is 0. The summed E-state index contributed by atoms with van der Waals surface area (Å²) in [5, 5.41) is 8.85. The average Bonchev–Trinajstić information content (AvgIpc) is 2.85. The first kappa shape index (κ1) is 21.1. The van der Waals surface area contributed by atoms with E-state index in [0.717, 1.165) is 17.5 Å². The van der Waals surface area contributed by atoms with Crippen LogP contribution >= 0.6 is 0 Å². The van der Waals surface area contributed by atoms with Crippen molar-refractivity contribution in [2.75, 3.05) is 0 Å². The van der Waals surface area contributed by atoms with Crippen molar-refractivity contribution >= 4 is 5.97 Å². The molecule has 0 aliphatic carbocycles. The van der Waals surface area contributed by atoms with E-state index in [1.165, 1.54) is 11.1 Å². The zero-order valence-electron chi connectivity index (χ0n) is 17.9. The lowest BCUT2D eigenvalue weighted by Crippen LogP contribution is -2.08. The summed E-state index contributed by atoms with van der Waals surface area (Å²) >= 11 is 0. The molecular formula is C29H23NO2. The molecule has 156 valence electrons. The van der Waals surface area contributed by atoms with Crippen LogP contribution in [0, 0.1) is 11.3 Å². The molecule has 4 aromatic carbocycles. The summed E-state index contributed by atoms with van der Waals surface area (Å²) in [5.41, 5.74) is 5.80. The van der Waals surface area contributed by atoms with Crippen molar-refractivity contribution < 1.29 is 9.53 Å². The van der Waals surface area contributed by atoms with Crippen LogP contribution in [0.4, 0.5) is 0 Å². The number of ether oxygens (including phenoxy) is 1. The third-order valence-electron chi connectivity index (χ3n) is 5.51. The summed E-state index contributed by atoms with van der Waals surface area (Å²) in [7, 11) is 0. The van der Waals surface area contributed by atoms with E-state index in [-0.39, 0.29) is 0 Å². The maximum absolute atomic E-state index is 12.4. The summed E-state index contributed by atoms with van der Waals surface area (Å²) < 4.78 is 5.39. The lowest BCUT2D eigenvalue weighted by atomic mass is 9.93. The van der Waals surface area contributed by atoms with Gasteiger partial charge < -0.3 is 4.74 Å². The highest BCUT2D eigenvalue weighted by molar-refractivity contribution is 5.91. The van der Waals surface area contributed by atoms with Gasteiger partial charge in [0.2, 0.25) is 0 Å². The molecule has 0 saturated heterocycles. The van der Waals surface area contributed by atoms with Crippen LogP contribution in [-0.2, 0) is 6.42 Å². The van der Waals surface area contributed by atoms with Gasteiger partial charge in [0, 0.05) is 0 Å². The van der Waals surface area contributed by atoms with Crippen LogP contribution in [0.1, 0.15) is 39.9 Å². The van der Waals surface area contributed by atoms with E-state index < -0.39 is 5.97 Å². The second-order valence-corrected chi connectivity index (χ2v) is 7.82. The second kappa shape index (κ2) is 9.76. The number of carbonyl (C=O) groups is 1. The van der Waals surface area contributed by atoms with E-state index in [1.807, 2.05) is 24.3 Å². The number of carbonyl (C=O) groups excluding carboxylic acids is 1. The van der Waals surface area contributed by atoms with Gasteiger partial charge in [-0.1, -0.05) is 73.7 Å². The van der Waals surface area contributed by atoms with Gasteiger partial charge in [-0.05, 0) is 71.0 Å². The highest BCUT2D eigenvalue weighted by atomic mass is 16.5.